The Morgan fingerprint density at radius 3 is 2.56 bits per heavy atom. The third kappa shape index (κ3) is 9.76. The minimum absolute atomic E-state index is 0.0213. The highest BCUT2D eigenvalue weighted by Crippen LogP contribution is 2.22. The van der Waals surface area contributed by atoms with Crippen LogP contribution in [-0.4, -0.2) is 31.8 Å². The number of hydrogen-bond donors (Lipinski definition) is 1. The Morgan fingerprint density at radius 1 is 1.44 bits per heavy atom. The fourth-order valence-corrected chi connectivity index (χ4v) is 1.23. The van der Waals surface area contributed by atoms with E-state index in [2.05, 4.69) is 10.1 Å². The van der Waals surface area contributed by atoms with Crippen LogP contribution >= 0.6 is 0 Å². The van der Waals surface area contributed by atoms with Crippen LogP contribution in [0.3, 0.4) is 0 Å². The zero-order valence-electron chi connectivity index (χ0n) is 9.56. The first kappa shape index (κ1) is 15.2. The quantitative estimate of drug-likeness (QED) is 0.695. The average molecular weight is 241 g/mol. The molecule has 0 aromatic heterocycles. The first-order valence-electron chi connectivity index (χ1n) is 5.22. The monoisotopic (exact) mass is 241 g/mol. The maximum Gasteiger partial charge on any atom is 0.389 e. The predicted molar refractivity (Wildman–Crippen MR) is 54.0 cm³/mol. The van der Waals surface area contributed by atoms with Crippen LogP contribution in [0.4, 0.5) is 13.2 Å². The highest BCUT2D eigenvalue weighted by molar-refractivity contribution is 5.69. The Kier molecular flexibility index (Phi) is 7.12. The molecule has 0 rings (SSSR count). The second kappa shape index (κ2) is 7.49. The van der Waals surface area contributed by atoms with Crippen molar-refractivity contribution in [2.45, 2.75) is 44.8 Å². The maximum atomic E-state index is 11.8. The van der Waals surface area contributed by atoms with E-state index in [9.17, 15) is 18.0 Å². The zero-order valence-corrected chi connectivity index (χ0v) is 9.56. The summed E-state index contributed by atoms with van der Waals surface area (Å²) in [5, 5.41) is 2.97. The summed E-state index contributed by atoms with van der Waals surface area (Å²) in [6, 6.07) is -0.0213. The first-order chi connectivity index (χ1) is 7.35. The van der Waals surface area contributed by atoms with E-state index in [1.54, 1.807) is 6.92 Å². The summed E-state index contributed by atoms with van der Waals surface area (Å²) in [4.78, 5) is 10.7. The standard InChI is InChI=1S/C10H18F3NO2/c1-8(4-3-6-10(11,12)13)14-7-5-9(15)16-2/h8,14H,3-7H2,1-2H3. The largest absolute Gasteiger partial charge is 0.469 e. The topological polar surface area (TPSA) is 38.3 Å². The number of ether oxygens (including phenoxy) is 1. The molecule has 1 unspecified atom stereocenters. The summed E-state index contributed by atoms with van der Waals surface area (Å²) in [5.74, 6) is -0.324. The summed E-state index contributed by atoms with van der Waals surface area (Å²) < 4.78 is 39.9. The van der Waals surface area contributed by atoms with Crippen LogP contribution in [0.1, 0.15) is 32.6 Å². The second-order valence-corrected chi connectivity index (χ2v) is 3.69. The van der Waals surface area contributed by atoms with Crippen LogP contribution in [0.15, 0.2) is 0 Å². The van der Waals surface area contributed by atoms with E-state index in [4.69, 9.17) is 0 Å². The zero-order chi connectivity index (χ0) is 12.6. The smallest absolute Gasteiger partial charge is 0.389 e. The highest BCUT2D eigenvalue weighted by Gasteiger charge is 2.26. The maximum absolute atomic E-state index is 11.8. The lowest BCUT2D eigenvalue weighted by molar-refractivity contribution is -0.140. The van der Waals surface area contributed by atoms with Crippen molar-refractivity contribution < 1.29 is 22.7 Å². The number of nitrogens with one attached hydrogen (secondary N) is 1. The molecule has 0 aliphatic heterocycles. The Labute approximate surface area is 93.3 Å². The highest BCUT2D eigenvalue weighted by atomic mass is 19.4. The molecule has 0 saturated carbocycles. The van der Waals surface area contributed by atoms with E-state index >= 15 is 0 Å². The Morgan fingerprint density at radius 2 is 2.06 bits per heavy atom. The van der Waals surface area contributed by atoms with E-state index in [1.807, 2.05) is 0 Å². The molecule has 0 aliphatic rings. The minimum Gasteiger partial charge on any atom is -0.469 e. The molecule has 0 bridgehead atoms. The Bertz CT molecular complexity index is 207. The van der Waals surface area contributed by atoms with Gasteiger partial charge in [-0.1, -0.05) is 0 Å². The van der Waals surface area contributed by atoms with Crippen molar-refractivity contribution in [1.82, 2.24) is 5.32 Å². The fourth-order valence-electron chi connectivity index (χ4n) is 1.23. The number of hydrogen-bond acceptors (Lipinski definition) is 3. The third-order valence-corrected chi connectivity index (χ3v) is 2.15. The molecule has 1 N–H and O–H groups in total. The molecule has 0 fully saturated rings. The van der Waals surface area contributed by atoms with Gasteiger partial charge in [0.05, 0.1) is 13.5 Å². The molecule has 3 nitrogen and oxygen atoms in total. The summed E-state index contributed by atoms with van der Waals surface area (Å²) in [7, 11) is 1.30. The molecule has 96 valence electrons. The number of methoxy groups -OCH3 is 1. The van der Waals surface area contributed by atoms with Crippen LogP contribution in [0, 0.1) is 0 Å². The van der Waals surface area contributed by atoms with Crippen LogP contribution in [0.5, 0.6) is 0 Å². The van der Waals surface area contributed by atoms with E-state index in [1.165, 1.54) is 7.11 Å². The SMILES string of the molecule is COC(=O)CCNC(C)CCCC(F)(F)F. The number of carbonyl (C=O) groups is 1. The summed E-state index contributed by atoms with van der Waals surface area (Å²) in [5.41, 5.74) is 0. The fraction of sp³-hybridized carbons (Fsp3) is 0.900. The van der Waals surface area contributed by atoms with Gasteiger partial charge in [-0.2, -0.15) is 13.2 Å². The van der Waals surface area contributed by atoms with Crippen LogP contribution in [0.25, 0.3) is 0 Å². The molecule has 0 aliphatic carbocycles. The van der Waals surface area contributed by atoms with Crippen molar-refractivity contribution in [3.05, 3.63) is 0 Å². The lowest BCUT2D eigenvalue weighted by atomic mass is 10.1. The predicted octanol–water partition coefficient (Wildman–Crippen LogP) is 2.26. The van der Waals surface area contributed by atoms with Crippen molar-refractivity contribution in [2.24, 2.45) is 0 Å². The normalized spacial score (nSPS) is 13.6. The van der Waals surface area contributed by atoms with Gasteiger partial charge in [0.2, 0.25) is 0 Å². The molecule has 0 heterocycles. The van der Waals surface area contributed by atoms with E-state index < -0.39 is 12.6 Å². The van der Waals surface area contributed by atoms with Gasteiger partial charge in [0.15, 0.2) is 0 Å². The Hall–Kier alpha value is -0.780. The van der Waals surface area contributed by atoms with Crippen molar-refractivity contribution in [2.75, 3.05) is 13.7 Å². The van der Waals surface area contributed by atoms with Crippen LogP contribution in [0.2, 0.25) is 0 Å². The van der Waals surface area contributed by atoms with Crippen molar-refractivity contribution in [1.29, 1.82) is 0 Å². The molecule has 0 radical (unpaired) electrons. The van der Waals surface area contributed by atoms with Gasteiger partial charge in [-0.15, -0.1) is 0 Å². The van der Waals surface area contributed by atoms with Gasteiger partial charge < -0.3 is 10.1 Å². The molecule has 6 heteroatoms. The van der Waals surface area contributed by atoms with Crippen molar-refractivity contribution in [3.63, 3.8) is 0 Å². The number of esters is 1. The first-order valence-corrected chi connectivity index (χ1v) is 5.22. The van der Waals surface area contributed by atoms with E-state index in [0.29, 0.717) is 13.0 Å². The van der Waals surface area contributed by atoms with Gasteiger partial charge in [0.25, 0.3) is 0 Å². The number of carbonyl (C=O) groups excluding carboxylic acids is 1. The van der Waals surface area contributed by atoms with Crippen molar-refractivity contribution >= 4 is 5.97 Å². The minimum atomic E-state index is -4.08. The van der Waals surface area contributed by atoms with Gasteiger partial charge in [0, 0.05) is 19.0 Å². The number of alkyl halides is 3. The molecule has 0 spiro atoms. The van der Waals surface area contributed by atoms with Crippen molar-refractivity contribution in [3.8, 4) is 0 Å². The summed E-state index contributed by atoms with van der Waals surface area (Å²) >= 11 is 0. The molecule has 16 heavy (non-hydrogen) atoms. The molecule has 0 aromatic rings. The van der Waals surface area contributed by atoms with E-state index in [-0.39, 0.29) is 24.9 Å². The number of halogens is 3. The second-order valence-electron chi connectivity index (χ2n) is 3.69. The third-order valence-electron chi connectivity index (χ3n) is 2.15. The van der Waals surface area contributed by atoms with Gasteiger partial charge >= 0.3 is 12.1 Å². The van der Waals surface area contributed by atoms with Gasteiger partial charge in [-0.25, -0.2) is 0 Å². The lowest BCUT2D eigenvalue weighted by Gasteiger charge is -2.13. The molecule has 0 saturated heterocycles. The molecule has 0 aromatic carbocycles. The molecule has 1 atom stereocenters. The summed E-state index contributed by atoms with van der Waals surface area (Å²) in [6.45, 7) is 2.23. The van der Waals surface area contributed by atoms with E-state index in [0.717, 1.165) is 0 Å². The van der Waals surface area contributed by atoms with Crippen LogP contribution < -0.4 is 5.32 Å². The molecular weight excluding hydrogens is 223 g/mol. The molecule has 0 amide bonds. The van der Waals surface area contributed by atoms with Gasteiger partial charge in [-0.05, 0) is 19.8 Å². The average Bonchev–Trinajstić information content (AvgIpc) is 2.15. The molecular formula is C10H18F3NO2. The van der Waals surface area contributed by atoms with Gasteiger partial charge in [0.1, 0.15) is 0 Å². The lowest BCUT2D eigenvalue weighted by Crippen LogP contribution is -2.28. The van der Waals surface area contributed by atoms with Crippen LogP contribution in [-0.2, 0) is 9.53 Å². The Balaban J connectivity index is 3.45. The summed E-state index contributed by atoms with van der Waals surface area (Å²) in [6.07, 6.45) is -4.04. The number of rotatable bonds is 7. The van der Waals surface area contributed by atoms with Gasteiger partial charge in [-0.3, -0.25) is 4.79 Å².